The molecule has 5 heteroatoms. The number of nitrogens with zero attached hydrogens (tertiary/aromatic N) is 1. The van der Waals surface area contributed by atoms with E-state index in [4.69, 9.17) is 11.5 Å². The number of nitrogens with one attached hydrogen (secondary N) is 1. The molecule has 0 bridgehead atoms. The van der Waals surface area contributed by atoms with Gasteiger partial charge in [-0.05, 0) is 11.1 Å². The minimum atomic E-state index is 0.148. The van der Waals surface area contributed by atoms with Crippen LogP contribution >= 0.6 is 11.3 Å². The molecule has 0 aliphatic heterocycles. The van der Waals surface area contributed by atoms with Crippen LogP contribution in [0.25, 0.3) is 22.4 Å². The molecule has 0 amide bonds. The first-order chi connectivity index (χ1) is 10.2. The van der Waals surface area contributed by atoms with E-state index in [2.05, 4.69) is 46.4 Å². The van der Waals surface area contributed by atoms with Crippen molar-refractivity contribution < 1.29 is 4.99 Å². The van der Waals surface area contributed by atoms with Gasteiger partial charge in [0.05, 0.1) is 0 Å². The second-order valence-corrected chi connectivity index (χ2v) is 5.42. The van der Waals surface area contributed by atoms with Crippen LogP contribution in [-0.4, -0.2) is 10.9 Å². The smallest absolute Gasteiger partial charge is 0.303 e. The largest absolute Gasteiger partial charge is 0.311 e. The highest BCUT2D eigenvalue weighted by Gasteiger charge is 2.08. The highest BCUT2D eigenvalue weighted by atomic mass is 32.1. The van der Waals surface area contributed by atoms with Crippen LogP contribution in [0.15, 0.2) is 60.0 Å². The van der Waals surface area contributed by atoms with Crippen molar-refractivity contribution in [1.82, 2.24) is 4.98 Å². The van der Waals surface area contributed by atoms with E-state index in [1.165, 1.54) is 22.5 Å². The molecule has 0 radical (unpaired) electrons. The zero-order chi connectivity index (χ0) is 14.7. The molecule has 4 nitrogen and oxygen atoms in total. The summed E-state index contributed by atoms with van der Waals surface area (Å²) in [7, 11) is 0. The van der Waals surface area contributed by atoms with Crippen molar-refractivity contribution in [2.24, 2.45) is 11.5 Å². The van der Waals surface area contributed by atoms with E-state index in [1.54, 1.807) is 0 Å². The van der Waals surface area contributed by atoms with Crippen molar-refractivity contribution in [2.75, 3.05) is 0 Å². The molecule has 104 valence electrons. The van der Waals surface area contributed by atoms with E-state index in [0.29, 0.717) is 5.13 Å². The Balaban J connectivity index is 1.87. The van der Waals surface area contributed by atoms with Crippen molar-refractivity contribution >= 4 is 22.4 Å². The first-order valence-corrected chi connectivity index (χ1v) is 7.36. The standard InChI is InChI=1S/C16H14N4S/c17-15(18)20-16-19-14(10-21-16)13-8-6-12(7-9-13)11-4-2-1-3-5-11/h1-10H,(H4,17,18,19,20)/p+1. The van der Waals surface area contributed by atoms with Crippen LogP contribution in [0.3, 0.4) is 0 Å². The van der Waals surface area contributed by atoms with Crippen LogP contribution in [0.2, 0.25) is 0 Å². The molecule has 0 saturated heterocycles. The number of hydrogen-bond acceptors (Lipinski definition) is 2. The second-order valence-electron chi connectivity index (χ2n) is 4.56. The molecule has 3 rings (SSSR count). The Hall–Kier alpha value is -2.66. The summed E-state index contributed by atoms with van der Waals surface area (Å²) in [5, 5.41) is 2.67. The van der Waals surface area contributed by atoms with Crippen molar-refractivity contribution in [1.29, 1.82) is 0 Å². The molecule has 0 unspecified atom stereocenters. The zero-order valence-electron chi connectivity index (χ0n) is 11.3. The second kappa shape index (κ2) is 5.76. The summed E-state index contributed by atoms with van der Waals surface area (Å²) in [6, 6.07) is 18.6. The lowest BCUT2D eigenvalue weighted by Gasteiger charge is -2.02. The molecule has 0 atom stereocenters. The number of benzene rings is 2. The maximum absolute atomic E-state index is 5.41. The first-order valence-electron chi connectivity index (χ1n) is 6.49. The number of nitrogens with two attached hydrogens (primary N) is 2. The molecule has 1 heterocycles. The molecule has 3 aromatic rings. The van der Waals surface area contributed by atoms with E-state index in [-0.39, 0.29) is 5.96 Å². The van der Waals surface area contributed by atoms with Crippen LogP contribution in [0.1, 0.15) is 0 Å². The number of guanidine groups is 1. The lowest BCUT2D eigenvalue weighted by molar-refractivity contribution is -0.355. The predicted molar refractivity (Wildman–Crippen MR) is 87.0 cm³/mol. The lowest BCUT2D eigenvalue weighted by atomic mass is 10.0. The average Bonchev–Trinajstić information content (AvgIpc) is 2.96. The van der Waals surface area contributed by atoms with E-state index in [0.717, 1.165) is 11.3 Å². The van der Waals surface area contributed by atoms with Gasteiger partial charge in [0.15, 0.2) is 0 Å². The fourth-order valence-electron chi connectivity index (χ4n) is 2.05. The minimum Gasteiger partial charge on any atom is -0.311 e. The average molecular weight is 295 g/mol. The Labute approximate surface area is 126 Å². The van der Waals surface area contributed by atoms with Crippen molar-refractivity contribution in [3.8, 4) is 22.4 Å². The quantitative estimate of drug-likeness (QED) is 0.505. The Bertz CT molecular complexity index is 756. The minimum absolute atomic E-state index is 0.148. The van der Waals surface area contributed by atoms with Crippen LogP contribution in [0.5, 0.6) is 0 Å². The van der Waals surface area contributed by atoms with Crippen LogP contribution in [-0.2, 0) is 0 Å². The number of thiazole rings is 1. The van der Waals surface area contributed by atoms with Crippen LogP contribution in [0.4, 0.5) is 5.13 Å². The zero-order valence-corrected chi connectivity index (χ0v) is 12.1. The number of rotatable bonds is 3. The van der Waals surface area contributed by atoms with E-state index < -0.39 is 0 Å². The van der Waals surface area contributed by atoms with Gasteiger partial charge in [-0.3, -0.25) is 0 Å². The molecule has 21 heavy (non-hydrogen) atoms. The molecule has 1 aromatic heterocycles. The summed E-state index contributed by atoms with van der Waals surface area (Å²) in [4.78, 5) is 7.26. The van der Waals surface area contributed by atoms with E-state index in [9.17, 15) is 0 Å². The normalized spacial score (nSPS) is 10.3. The maximum atomic E-state index is 5.41. The molecular weight excluding hydrogens is 280 g/mol. The molecule has 5 N–H and O–H groups in total. The third-order valence-electron chi connectivity index (χ3n) is 3.04. The van der Waals surface area contributed by atoms with Gasteiger partial charge in [-0.25, -0.2) is 4.99 Å². The third kappa shape index (κ3) is 3.09. The Morgan fingerprint density at radius 1 is 0.857 bits per heavy atom. The molecule has 0 spiro atoms. The highest BCUT2D eigenvalue weighted by Crippen LogP contribution is 2.26. The summed E-state index contributed by atoms with van der Waals surface area (Å²) in [5.74, 6) is 0.148. The van der Waals surface area contributed by atoms with E-state index >= 15 is 0 Å². The van der Waals surface area contributed by atoms with Gasteiger partial charge >= 0.3 is 5.96 Å². The summed E-state index contributed by atoms with van der Waals surface area (Å²) < 4.78 is 0. The number of hydrogen-bond donors (Lipinski definition) is 3. The van der Waals surface area contributed by atoms with Gasteiger partial charge in [-0.15, -0.1) is 4.98 Å². The number of aromatic nitrogens is 1. The Kier molecular flexibility index (Phi) is 3.66. The van der Waals surface area contributed by atoms with Crippen molar-refractivity contribution in [2.45, 2.75) is 0 Å². The van der Waals surface area contributed by atoms with Crippen LogP contribution < -0.4 is 16.5 Å². The summed E-state index contributed by atoms with van der Waals surface area (Å²) in [6.45, 7) is 0. The van der Waals surface area contributed by atoms with Gasteiger partial charge in [0.25, 0.3) is 5.13 Å². The Morgan fingerprint density at radius 3 is 2.14 bits per heavy atom. The molecule has 2 aromatic carbocycles. The molecule has 0 saturated carbocycles. The summed E-state index contributed by atoms with van der Waals surface area (Å²) in [6.07, 6.45) is 0. The summed E-state index contributed by atoms with van der Waals surface area (Å²) in [5.41, 5.74) is 15.2. The van der Waals surface area contributed by atoms with Crippen molar-refractivity contribution in [3.63, 3.8) is 0 Å². The highest BCUT2D eigenvalue weighted by molar-refractivity contribution is 7.13. The van der Waals surface area contributed by atoms with E-state index in [1.807, 2.05) is 23.6 Å². The predicted octanol–water partition coefficient (Wildman–Crippen LogP) is 1.46. The fraction of sp³-hybridized carbons (Fsp3) is 0. The summed E-state index contributed by atoms with van der Waals surface area (Å²) >= 11 is 1.47. The molecular formula is C16H15N4S+. The first kappa shape index (κ1) is 13.3. The topological polar surface area (TPSA) is 78.9 Å². The van der Waals surface area contributed by atoms with Gasteiger partial charge in [0.1, 0.15) is 5.69 Å². The molecule has 0 aliphatic rings. The van der Waals surface area contributed by atoms with Crippen molar-refractivity contribution in [3.05, 3.63) is 60.0 Å². The fourth-order valence-corrected chi connectivity index (χ4v) is 2.79. The van der Waals surface area contributed by atoms with Gasteiger partial charge in [0, 0.05) is 10.9 Å². The van der Waals surface area contributed by atoms with Gasteiger partial charge < -0.3 is 11.5 Å². The third-order valence-corrected chi connectivity index (χ3v) is 3.80. The Morgan fingerprint density at radius 2 is 1.48 bits per heavy atom. The van der Waals surface area contributed by atoms with Gasteiger partial charge in [-0.2, -0.15) is 0 Å². The van der Waals surface area contributed by atoms with Gasteiger partial charge in [-0.1, -0.05) is 65.9 Å². The maximum Gasteiger partial charge on any atom is 0.303 e. The SMILES string of the molecule is NC(N)=[NH+]c1nc(-c2ccc(-c3ccccc3)cc2)cs1. The van der Waals surface area contributed by atoms with Crippen LogP contribution in [0, 0.1) is 0 Å². The molecule has 0 fully saturated rings. The lowest BCUT2D eigenvalue weighted by Crippen LogP contribution is -2.72. The van der Waals surface area contributed by atoms with Gasteiger partial charge in [0.2, 0.25) is 0 Å². The molecule has 0 aliphatic carbocycles. The monoisotopic (exact) mass is 295 g/mol.